The molecule has 0 aliphatic carbocycles. The van der Waals surface area contributed by atoms with Crippen LogP contribution in [0.5, 0.6) is 0 Å². The van der Waals surface area contributed by atoms with Gasteiger partial charge in [-0.15, -0.1) is 0 Å². The van der Waals surface area contributed by atoms with Crippen molar-refractivity contribution >= 4 is 5.91 Å². The van der Waals surface area contributed by atoms with Gasteiger partial charge in [-0.3, -0.25) is 14.4 Å². The molecular formula is C8H9FN2O. The maximum atomic E-state index is 12.6. The highest BCUT2D eigenvalue weighted by atomic mass is 19.1. The van der Waals surface area contributed by atoms with E-state index in [0.29, 0.717) is 5.49 Å². The SMILES string of the molecule is CN=c1ccc(F)cn1C(C)=O. The van der Waals surface area contributed by atoms with Crippen LogP contribution in [-0.4, -0.2) is 17.5 Å². The minimum Gasteiger partial charge on any atom is -0.274 e. The van der Waals surface area contributed by atoms with E-state index in [-0.39, 0.29) is 5.91 Å². The molecule has 3 nitrogen and oxygen atoms in total. The Morgan fingerprint density at radius 1 is 1.58 bits per heavy atom. The highest BCUT2D eigenvalue weighted by Crippen LogP contribution is 1.91. The van der Waals surface area contributed by atoms with E-state index in [2.05, 4.69) is 4.99 Å². The molecule has 0 saturated carbocycles. The zero-order valence-corrected chi connectivity index (χ0v) is 6.91. The van der Waals surface area contributed by atoms with Gasteiger partial charge in [-0.2, -0.15) is 0 Å². The molecule has 0 atom stereocenters. The Morgan fingerprint density at radius 3 is 2.75 bits per heavy atom. The van der Waals surface area contributed by atoms with E-state index in [4.69, 9.17) is 0 Å². The van der Waals surface area contributed by atoms with E-state index in [0.717, 1.165) is 10.8 Å². The summed E-state index contributed by atoms with van der Waals surface area (Å²) in [6, 6.07) is 2.72. The molecule has 1 heterocycles. The van der Waals surface area contributed by atoms with Crippen LogP contribution in [0.4, 0.5) is 4.39 Å². The third-order valence-electron chi connectivity index (χ3n) is 1.46. The summed E-state index contributed by atoms with van der Waals surface area (Å²) in [6.07, 6.45) is 1.12. The van der Waals surface area contributed by atoms with Gasteiger partial charge in [0, 0.05) is 20.2 Å². The largest absolute Gasteiger partial charge is 0.274 e. The zero-order valence-electron chi connectivity index (χ0n) is 6.91. The molecule has 0 bridgehead atoms. The van der Waals surface area contributed by atoms with Gasteiger partial charge in [0.25, 0.3) is 0 Å². The van der Waals surface area contributed by atoms with Crippen LogP contribution in [-0.2, 0) is 0 Å². The fourth-order valence-electron chi connectivity index (χ4n) is 0.901. The molecule has 0 unspecified atom stereocenters. The molecule has 0 aromatic carbocycles. The average molecular weight is 168 g/mol. The number of pyridine rings is 1. The fraction of sp³-hybridized carbons (Fsp3) is 0.250. The first kappa shape index (κ1) is 8.64. The van der Waals surface area contributed by atoms with E-state index in [1.165, 1.54) is 19.1 Å². The summed E-state index contributed by atoms with van der Waals surface area (Å²) in [5.74, 6) is -0.701. The van der Waals surface area contributed by atoms with Gasteiger partial charge in [-0.25, -0.2) is 4.39 Å². The van der Waals surface area contributed by atoms with Crippen molar-refractivity contribution in [1.29, 1.82) is 0 Å². The monoisotopic (exact) mass is 168 g/mol. The minimum absolute atomic E-state index is 0.255. The van der Waals surface area contributed by atoms with Crippen LogP contribution in [0.1, 0.15) is 11.7 Å². The lowest BCUT2D eigenvalue weighted by atomic mass is 10.4. The van der Waals surface area contributed by atoms with Gasteiger partial charge in [0.05, 0.1) is 0 Å². The summed E-state index contributed by atoms with van der Waals surface area (Å²) in [6.45, 7) is 1.36. The van der Waals surface area contributed by atoms with Gasteiger partial charge in [0.15, 0.2) is 0 Å². The molecule has 0 radical (unpaired) electrons. The first-order valence-electron chi connectivity index (χ1n) is 3.47. The number of halogens is 1. The number of nitrogens with zero attached hydrogens (tertiary/aromatic N) is 2. The Hall–Kier alpha value is -1.45. The molecule has 0 N–H and O–H groups in total. The summed E-state index contributed by atoms with van der Waals surface area (Å²) in [7, 11) is 1.55. The smallest absolute Gasteiger partial charge is 0.229 e. The number of aromatic nitrogens is 1. The first-order valence-corrected chi connectivity index (χ1v) is 3.47. The van der Waals surface area contributed by atoms with Gasteiger partial charge in [0.1, 0.15) is 11.3 Å². The molecule has 0 amide bonds. The molecule has 0 saturated heterocycles. The quantitative estimate of drug-likeness (QED) is 0.564. The van der Waals surface area contributed by atoms with Crippen molar-refractivity contribution in [3.63, 3.8) is 0 Å². The predicted molar refractivity (Wildman–Crippen MR) is 42.2 cm³/mol. The lowest BCUT2D eigenvalue weighted by Crippen LogP contribution is -2.24. The van der Waals surface area contributed by atoms with E-state index in [1.807, 2.05) is 0 Å². The molecule has 4 heteroatoms. The van der Waals surface area contributed by atoms with Crippen molar-refractivity contribution in [3.8, 4) is 0 Å². The Bertz CT molecular complexity index is 368. The molecule has 0 fully saturated rings. The molecule has 64 valence electrons. The lowest BCUT2D eigenvalue weighted by Gasteiger charge is -2.00. The Balaban J connectivity index is 3.43. The second-order valence-electron chi connectivity index (χ2n) is 2.32. The van der Waals surface area contributed by atoms with Crippen LogP contribution >= 0.6 is 0 Å². The number of carbonyl (C=O) groups is 1. The summed E-state index contributed by atoms with van der Waals surface area (Å²) in [5, 5.41) is 0. The molecule has 1 rings (SSSR count). The van der Waals surface area contributed by atoms with Crippen molar-refractivity contribution < 1.29 is 9.18 Å². The van der Waals surface area contributed by atoms with Crippen LogP contribution in [0.15, 0.2) is 23.3 Å². The maximum absolute atomic E-state index is 12.6. The van der Waals surface area contributed by atoms with Crippen LogP contribution < -0.4 is 5.49 Å². The Labute approximate surface area is 69.2 Å². The van der Waals surface area contributed by atoms with Crippen molar-refractivity contribution in [3.05, 3.63) is 29.6 Å². The summed E-state index contributed by atoms with van der Waals surface area (Å²) < 4.78 is 13.8. The van der Waals surface area contributed by atoms with Crippen molar-refractivity contribution in [2.75, 3.05) is 7.05 Å². The second kappa shape index (κ2) is 3.30. The Kier molecular flexibility index (Phi) is 2.38. The predicted octanol–water partition coefficient (Wildman–Crippen LogP) is 0.818. The second-order valence-corrected chi connectivity index (χ2v) is 2.32. The number of rotatable bonds is 0. The molecule has 0 aliphatic rings. The molecule has 1 aromatic rings. The molecule has 0 spiro atoms. The minimum atomic E-state index is -0.447. The number of hydrogen-bond acceptors (Lipinski definition) is 2. The normalized spacial score (nSPS) is 11.8. The van der Waals surface area contributed by atoms with Crippen LogP contribution in [0.3, 0.4) is 0 Å². The van der Waals surface area contributed by atoms with E-state index in [1.54, 1.807) is 7.05 Å². The fourth-order valence-corrected chi connectivity index (χ4v) is 0.901. The third-order valence-corrected chi connectivity index (χ3v) is 1.46. The van der Waals surface area contributed by atoms with Gasteiger partial charge < -0.3 is 0 Å². The first-order chi connectivity index (χ1) is 5.65. The van der Waals surface area contributed by atoms with Gasteiger partial charge in [-0.1, -0.05) is 0 Å². The van der Waals surface area contributed by atoms with Crippen molar-refractivity contribution in [1.82, 2.24) is 4.57 Å². The van der Waals surface area contributed by atoms with Crippen LogP contribution in [0.2, 0.25) is 0 Å². The van der Waals surface area contributed by atoms with E-state index in [9.17, 15) is 9.18 Å². The van der Waals surface area contributed by atoms with Crippen molar-refractivity contribution in [2.24, 2.45) is 4.99 Å². The summed E-state index contributed by atoms with van der Waals surface area (Å²) in [5.41, 5.74) is 0.448. The lowest BCUT2D eigenvalue weighted by molar-refractivity contribution is 0.0930. The molecule has 1 aromatic heterocycles. The zero-order chi connectivity index (χ0) is 9.14. The summed E-state index contributed by atoms with van der Waals surface area (Å²) in [4.78, 5) is 14.7. The topological polar surface area (TPSA) is 34.4 Å². The standard InChI is InChI=1S/C8H9FN2O/c1-6(12)11-5-7(9)3-4-8(11)10-2/h3-5H,1-2H3. The maximum Gasteiger partial charge on any atom is 0.229 e. The van der Waals surface area contributed by atoms with Crippen LogP contribution in [0.25, 0.3) is 0 Å². The molecule has 0 aliphatic heterocycles. The summed E-state index contributed by atoms with van der Waals surface area (Å²) >= 11 is 0. The van der Waals surface area contributed by atoms with Gasteiger partial charge in [-0.05, 0) is 12.1 Å². The van der Waals surface area contributed by atoms with Crippen LogP contribution in [0, 0.1) is 5.82 Å². The highest BCUT2D eigenvalue weighted by molar-refractivity contribution is 5.75. The van der Waals surface area contributed by atoms with Crippen molar-refractivity contribution in [2.45, 2.75) is 6.92 Å². The van der Waals surface area contributed by atoms with Gasteiger partial charge >= 0.3 is 0 Å². The molecule has 12 heavy (non-hydrogen) atoms. The number of hydrogen-bond donors (Lipinski definition) is 0. The van der Waals surface area contributed by atoms with E-state index < -0.39 is 5.82 Å². The Morgan fingerprint density at radius 2 is 2.25 bits per heavy atom. The average Bonchev–Trinajstić information content (AvgIpc) is 2.04. The molecular weight excluding hydrogens is 159 g/mol. The van der Waals surface area contributed by atoms with E-state index >= 15 is 0 Å². The number of carbonyl (C=O) groups excluding carboxylic acids is 1. The van der Waals surface area contributed by atoms with Gasteiger partial charge in [0.2, 0.25) is 5.91 Å². The highest BCUT2D eigenvalue weighted by Gasteiger charge is 1.99. The third kappa shape index (κ3) is 1.58.